The Bertz CT molecular complexity index is 833. The number of nitrogens with one attached hydrogen (secondary N) is 1. The third-order valence-corrected chi connectivity index (χ3v) is 5.09. The molecule has 6 nitrogen and oxygen atoms in total. The summed E-state index contributed by atoms with van der Waals surface area (Å²) in [5, 5.41) is 12.9. The first kappa shape index (κ1) is 16.5. The summed E-state index contributed by atoms with van der Waals surface area (Å²) in [7, 11) is 0. The second kappa shape index (κ2) is 7.50. The molecule has 0 spiro atoms. The zero-order chi connectivity index (χ0) is 16.9. The van der Waals surface area contributed by atoms with E-state index in [-0.39, 0.29) is 11.7 Å². The van der Waals surface area contributed by atoms with Crippen molar-refractivity contribution in [3.8, 4) is 10.6 Å². The molecule has 3 rings (SSSR count). The molecule has 0 bridgehead atoms. The van der Waals surface area contributed by atoms with Crippen molar-refractivity contribution < 1.29 is 4.79 Å². The Morgan fingerprint density at radius 2 is 2.12 bits per heavy atom. The minimum absolute atomic E-state index is 0.104. The Kier molecular flexibility index (Phi) is 5.17. The largest absolute Gasteiger partial charge is 0.324 e. The molecule has 122 valence electrons. The van der Waals surface area contributed by atoms with E-state index in [9.17, 15) is 4.79 Å². The Morgan fingerprint density at radius 3 is 2.75 bits per heavy atom. The normalized spacial score (nSPS) is 10.6. The van der Waals surface area contributed by atoms with E-state index in [1.165, 1.54) is 11.8 Å². The van der Waals surface area contributed by atoms with Crippen LogP contribution in [0, 0.1) is 13.8 Å². The molecule has 0 saturated carbocycles. The van der Waals surface area contributed by atoms with Crippen molar-refractivity contribution in [2.24, 2.45) is 0 Å². The van der Waals surface area contributed by atoms with E-state index >= 15 is 0 Å². The summed E-state index contributed by atoms with van der Waals surface area (Å²) in [4.78, 5) is 21.3. The molecule has 1 amide bonds. The molecule has 0 unspecified atom stereocenters. The monoisotopic (exact) mass is 357 g/mol. The van der Waals surface area contributed by atoms with Gasteiger partial charge in [-0.3, -0.25) is 9.78 Å². The highest BCUT2D eigenvalue weighted by Gasteiger charge is 2.10. The Labute approximate surface area is 147 Å². The van der Waals surface area contributed by atoms with Gasteiger partial charge in [0.05, 0.1) is 33.2 Å². The Balaban J connectivity index is 1.58. The number of thiazole rings is 1. The maximum absolute atomic E-state index is 11.9. The minimum atomic E-state index is -0.104. The standard InChI is InChI=1S/C16H15N5OS2/c1-10-16(24-11(2)18-10)13-5-6-15(21-20-13)23-9-14(22)19-12-4-3-7-17-8-12/h3-8H,9H2,1-2H3,(H,19,22). The molecule has 0 aliphatic heterocycles. The van der Waals surface area contributed by atoms with Crippen LogP contribution in [-0.2, 0) is 4.79 Å². The lowest BCUT2D eigenvalue weighted by Gasteiger charge is -2.04. The van der Waals surface area contributed by atoms with Gasteiger partial charge in [0.25, 0.3) is 0 Å². The van der Waals surface area contributed by atoms with Gasteiger partial charge in [0.2, 0.25) is 5.91 Å². The first-order valence-electron chi connectivity index (χ1n) is 7.22. The average Bonchev–Trinajstić information content (AvgIpc) is 2.93. The summed E-state index contributed by atoms with van der Waals surface area (Å²) in [6.07, 6.45) is 3.27. The molecule has 1 N–H and O–H groups in total. The molecule has 0 aliphatic rings. The van der Waals surface area contributed by atoms with Crippen molar-refractivity contribution in [2.75, 3.05) is 11.1 Å². The molecule has 3 aromatic rings. The van der Waals surface area contributed by atoms with E-state index in [4.69, 9.17) is 0 Å². The van der Waals surface area contributed by atoms with Crippen LogP contribution in [0.1, 0.15) is 10.7 Å². The first-order valence-corrected chi connectivity index (χ1v) is 9.03. The fourth-order valence-corrected chi connectivity index (χ4v) is 3.56. The van der Waals surface area contributed by atoms with Crippen LogP contribution in [0.2, 0.25) is 0 Å². The highest BCUT2D eigenvalue weighted by Crippen LogP contribution is 2.28. The number of amides is 1. The van der Waals surface area contributed by atoms with Crippen LogP contribution in [0.5, 0.6) is 0 Å². The molecule has 24 heavy (non-hydrogen) atoms. The molecule has 0 aliphatic carbocycles. The number of nitrogens with zero attached hydrogens (tertiary/aromatic N) is 4. The number of rotatable bonds is 5. The number of pyridine rings is 1. The third kappa shape index (κ3) is 4.15. The van der Waals surface area contributed by atoms with Gasteiger partial charge >= 0.3 is 0 Å². The SMILES string of the molecule is Cc1nc(C)c(-c2ccc(SCC(=O)Nc3cccnc3)nn2)s1. The number of carbonyl (C=O) groups is 1. The van der Waals surface area contributed by atoms with E-state index in [0.29, 0.717) is 10.7 Å². The summed E-state index contributed by atoms with van der Waals surface area (Å²) in [5.74, 6) is 0.162. The molecule has 0 aromatic carbocycles. The maximum Gasteiger partial charge on any atom is 0.234 e. The van der Waals surface area contributed by atoms with Gasteiger partial charge in [-0.15, -0.1) is 21.5 Å². The van der Waals surface area contributed by atoms with Crippen LogP contribution in [0.15, 0.2) is 41.7 Å². The van der Waals surface area contributed by atoms with Crippen molar-refractivity contribution >= 4 is 34.7 Å². The number of aromatic nitrogens is 4. The highest BCUT2D eigenvalue weighted by atomic mass is 32.2. The molecule has 3 heterocycles. The summed E-state index contributed by atoms with van der Waals surface area (Å²) in [5.41, 5.74) is 2.45. The summed E-state index contributed by atoms with van der Waals surface area (Å²) in [6.45, 7) is 3.94. The van der Waals surface area contributed by atoms with Gasteiger partial charge in [0.15, 0.2) is 0 Å². The van der Waals surface area contributed by atoms with Crippen LogP contribution in [0.4, 0.5) is 5.69 Å². The zero-order valence-electron chi connectivity index (χ0n) is 13.2. The molecule has 3 aromatic heterocycles. The number of carbonyl (C=O) groups excluding carboxylic acids is 1. The van der Waals surface area contributed by atoms with Gasteiger partial charge in [-0.1, -0.05) is 11.8 Å². The quantitative estimate of drug-likeness (QED) is 0.705. The fraction of sp³-hybridized carbons (Fsp3) is 0.188. The predicted molar refractivity (Wildman–Crippen MR) is 96.2 cm³/mol. The summed E-state index contributed by atoms with van der Waals surface area (Å²) in [6, 6.07) is 7.35. The molecule has 0 atom stereocenters. The Hall–Kier alpha value is -2.32. The Morgan fingerprint density at radius 1 is 1.25 bits per heavy atom. The lowest BCUT2D eigenvalue weighted by molar-refractivity contribution is -0.113. The van der Waals surface area contributed by atoms with E-state index in [1.54, 1.807) is 35.9 Å². The fourth-order valence-electron chi connectivity index (χ4n) is 2.06. The van der Waals surface area contributed by atoms with E-state index in [1.807, 2.05) is 26.0 Å². The van der Waals surface area contributed by atoms with E-state index in [2.05, 4.69) is 25.5 Å². The highest BCUT2D eigenvalue weighted by molar-refractivity contribution is 7.99. The lowest BCUT2D eigenvalue weighted by Crippen LogP contribution is -2.14. The topological polar surface area (TPSA) is 80.7 Å². The third-order valence-electron chi connectivity index (χ3n) is 3.07. The second-order valence-electron chi connectivity index (χ2n) is 4.98. The minimum Gasteiger partial charge on any atom is -0.324 e. The smallest absolute Gasteiger partial charge is 0.234 e. The number of anilines is 1. The number of thioether (sulfide) groups is 1. The molecular weight excluding hydrogens is 342 g/mol. The van der Waals surface area contributed by atoms with Gasteiger partial charge in [0.1, 0.15) is 10.7 Å². The van der Waals surface area contributed by atoms with Crippen molar-refractivity contribution in [1.82, 2.24) is 20.2 Å². The van der Waals surface area contributed by atoms with Crippen molar-refractivity contribution in [3.63, 3.8) is 0 Å². The first-order chi connectivity index (χ1) is 11.6. The van der Waals surface area contributed by atoms with Gasteiger partial charge < -0.3 is 5.32 Å². The zero-order valence-corrected chi connectivity index (χ0v) is 14.8. The maximum atomic E-state index is 11.9. The summed E-state index contributed by atoms with van der Waals surface area (Å²) < 4.78 is 0. The molecule has 0 radical (unpaired) electrons. The molecular formula is C16H15N5OS2. The van der Waals surface area contributed by atoms with E-state index in [0.717, 1.165) is 21.3 Å². The van der Waals surface area contributed by atoms with Crippen LogP contribution < -0.4 is 5.32 Å². The van der Waals surface area contributed by atoms with Crippen molar-refractivity contribution in [1.29, 1.82) is 0 Å². The molecule has 0 saturated heterocycles. The number of aryl methyl sites for hydroxylation is 2. The number of hydrogen-bond acceptors (Lipinski definition) is 7. The van der Waals surface area contributed by atoms with Crippen LogP contribution in [0.25, 0.3) is 10.6 Å². The van der Waals surface area contributed by atoms with Crippen molar-refractivity contribution in [2.45, 2.75) is 18.9 Å². The second-order valence-corrected chi connectivity index (χ2v) is 7.18. The van der Waals surface area contributed by atoms with Gasteiger partial charge in [-0.25, -0.2) is 4.98 Å². The van der Waals surface area contributed by atoms with Gasteiger partial charge in [-0.05, 0) is 38.1 Å². The number of hydrogen-bond donors (Lipinski definition) is 1. The van der Waals surface area contributed by atoms with Crippen LogP contribution in [-0.4, -0.2) is 31.8 Å². The predicted octanol–water partition coefficient (Wildman–Crippen LogP) is 3.34. The summed E-state index contributed by atoms with van der Waals surface area (Å²) >= 11 is 2.95. The van der Waals surface area contributed by atoms with Crippen LogP contribution in [0.3, 0.4) is 0 Å². The van der Waals surface area contributed by atoms with E-state index < -0.39 is 0 Å². The average molecular weight is 357 g/mol. The molecule has 8 heteroatoms. The lowest BCUT2D eigenvalue weighted by atomic mass is 10.3. The van der Waals surface area contributed by atoms with Gasteiger partial charge in [0, 0.05) is 6.20 Å². The van der Waals surface area contributed by atoms with Gasteiger partial charge in [-0.2, -0.15) is 0 Å². The molecule has 0 fully saturated rings. The van der Waals surface area contributed by atoms with Crippen molar-refractivity contribution in [3.05, 3.63) is 47.4 Å². The van der Waals surface area contributed by atoms with Crippen LogP contribution >= 0.6 is 23.1 Å².